The monoisotopic (exact) mass is 408 g/mol. The summed E-state index contributed by atoms with van der Waals surface area (Å²) in [5.41, 5.74) is 0.424. The Morgan fingerprint density at radius 3 is 2.50 bits per heavy atom. The van der Waals surface area contributed by atoms with Crippen LogP contribution in [0.25, 0.3) is 0 Å². The van der Waals surface area contributed by atoms with Gasteiger partial charge in [-0.25, -0.2) is 4.68 Å². The molecule has 9 heteroatoms. The van der Waals surface area contributed by atoms with Crippen molar-refractivity contribution in [3.05, 3.63) is 11.9 Å². The van der Waals surface area contributed by atoms with Gasteiger partial charge in [0.15, 0.2) is 5.69 Å². The van der Waals surface area contributed by atoms with Crippen molar-refractivity contribution in [1.29, 1.82) is 0 Å². The van der Waals surface area contributed by atoms with Crippen LogP contribution < -0.4 is 10.6 Å². The topological polar surface area (TPSA) is 75.1 Å². The van der Waals surface area contributed by atoms with E-state index in [1.807, 2.05) is 4.68 Å². The first-order valence-electron chi connectivity index (χ1n) is 9.37. The smallest absolute Gasteiger partial charge is 0.273 e. The van der Waals surface area contributed by atoms with E-state index in [-0.39, 0.29) is 30.7 Å². The molecule has 0 saturated carbocycles. The molecule has 0 aliphatic carbocycles. The highest BCUT2D eigenvalue weighted by atomic mass is 35.5. The fraction of sp³-hybridized carbons (Fsp3) is 0.824. The van der Waals surface area contributed by atoms with E-state index in [0.29, 0.717) is 18.3 Å². The van der Waals surface area contributed by atoms with Crippen molar-refractivity contribution in [2.45, 2.75) is 52.0 Å². The van der Waals surface area contributed by atoms with Gasteiger partial charge in [0.2, 0.25) is 0 Å². The number of hydrogen-bond donors (Lipinski definition) is 2. The van der Waals surface area contributed by atoms with E-state index in [1.165, 1.54) is 12.8 Å². The summed E-state index contributed by atoms with van der Waals surface area (Å²) < 4.78 is 1.85. The Morgan fingerprint density at radius 1 is 1.23 bits per heavy atom. The molecule has 2 N–H and O–H groups in total. The summed E-state index contributed by atoms with van der Waals surface area (Å²) in [6, 6.07) is 0.358. The first-order chi connectivity index (χ1) is 11.7. The second-order valence-electron chi connectivity index (χ2n) is 6.52. The second-order valence-corrected chi connectivity index (χ2v) is 6.52. The van der Waals surface area contributed by atoms with E-state index in [9.17, 15) is 4.79 Å². The van der Waals surface area contributed by atoms with Gasteiger partial charge in [-0.05, 0) is 64.8 Å². The van der Waals surface area contributed by atoms with Crippen LogP contribution in [0.4, 0.5) is 0 Å². The molecule has 0 aromatic carbocycles. The van der Waals surface area contributed by atoms with Crippen molar-refractivity contribution >= 4 is 30.7 Å². The zero-order chi connectivity index (χ0) is 17.2. The van der Waals surface area contributed by atoms with Gasteiger partial charge in [-0.1, -0.05) is 19.1 Å². The van der Waals surface area contributed by atoms with Gasteiger partial charge in [0.05, 0.1) is 12.2 Å². The van der Waals surface area contributed by atoms with Crippen LogP contribution in [0.5, 0.6) is 0 Å². The van der Waals surface area contributed by atoms with E-state index in [4.69, 9.17) is 0 Å². The van der Waals surface area contributed by atoms with E-state index >= 15 is 0 Å². The molecule has 1 saturated heterocycles. The summed E-state index contributed by atoms with van der Waals surface area (Å²) >= 11 is 0. The number of carbonyl (C=O) groups is 1. The van der Waals surface area contributed by atoms with Crippen LogP contribution in [0.1, 0.15) is 62.5 Å². The summed E-state index contributed by atoms with van der Waals surface area (Å²) in [5.74, 6) is -0.118. The summed E-state index contributed by atoms with van der Waals surface area (Å²) in [7, 11) is 0. The molecule has 0 bridgehead atoms. The minimum absolute atomic E-state index is 0. The first kappa shape index (κ1) is 25.1. The van der Waals surface area contributed by atoms with Crippen LogP contribution in [0.15, 0.2) is 6.20 Å². The van der Waals surface area contributed by atoms with Crippen molar-refractivity contribution < 1.29 is 4.79 Å². The van der Waals surface area contributed by atoms with Crippen molar-refractivity contribution in [2.24, 2.45) is 0 Å². The molecule has 1 aromatic rings. The zero-order valence-electron chi connectivity index (χ0n) is 15.9. The van der Waals surface area contributed by atoms with Gasteiger partial charge in [-0.3, -0.25) is 4.79 Å². The largest absolute Gasteiger partial charge is 0.351 e. The minimum Gasteiger partial charge on any atom is -0.351 e. The highest BCUT2D eigenvalue weighted by molar-refractivity contribution is 5.91. The highest BCUT2D eigenvalue weighted by Crippen LogP contribution is 2.16. The maximum Gasteiger partial charge on any atom is 0.273 e. The Bertz CT molecular complexity index is 487. The normalized spacial score (nSPS) is 14.6. The molecule has 7 nitrogen and oxygen atoms in total. The Balaban J connectivity index is 0.00000312. The van der Waals surface area contributed by atoms with Crippen LogP contribution in [-0.2, 0) is 0 Å². The van der Waals surface area contributed by atoms with Gasteiger partial charge in [0.25, 0.3) is 5.91 Å². The van der Waals surface area contributed by atoms with Gasteiger partial charge >= 0.3 is 0 Å². The Morgan fingerprint density at radius 2 is 1.88 bits per heavy atom. The molecule has 1 amide bonds. The fourth-order valence-electron chi connectivity index (χ4n) is 3.19. The SMILES string of the molecule is CCCN(CCC)CCCNC(=O)c1cn(C2CCNCC2)nn1.Cl.Cl. The maximum absolute atomic E-state index is 12.2. The van der Waals surface area contributed by atoms with E-state index in [0.717, 1.165) is 52.0 Å². The first-order valence-corrected chi connectivity index (χ1v) is 9.37. The lowest BCUT2D eigenvalue weighted by Crippen LogP contribution is -2.31. The van der Waals surface area contributed by atoms with Crippen molar-refractivity contribution in [3.8, 4) is 0 Å². The summed E-state index contributed by atoms with van der Waals surface area (Å²) in [6.45, 7) is 10.4. The number of aromatic nitrogens is 3. The lowest BCUT2D eigenvalue weighted by atomic mass is 10.1. The number of piperidine rings is 1. The highest BCUT2D eigenvalue weighted by Gasteiger charge is 2.18. The van der Waals surface area contributed by atoms with Gasteiger partial charge in [-0.2, -0.15) is 0 Å². The zero-order valence-corrected chi connectivity index (χ0v) is 17.6. The van der Waals surface area contributed by atoms with Gasteiger partial charge in [0, 0.05) is 6.54 Å². The third-order valence-electron chi connectivity index (χ3n) is 4.44. The molecule has 1 aliphatic rings. The van der Waals surface area contributed by atoms with Crippen LogP contribution in [0, 0.1) is 0 Å². The molecule has 1 fully saturated rings. The molecule has 0 radical (unpaired) electrons. The molecule has 0 atom stereocenters. The molecular weight excluding hydrogens is 375 g/mol. The van der Waals surface area contributed by atoms with Crippen LogP contribution in [0.2, 0.25) is 0 Å². The number of nitrogens with zero attached hydrogens (tertiary/aromatic N) is 4. The molecule has 1 aliphatic heterocycles. The third kappa shape index (κ3) is 8.20. The molecule has 152 valence electrons. The third-order valence-corrected chi connectivity index (χ3v) is 4.44. The lowest BCUT2D eigenvalue weighted by Gasteiger charge is -2.22. The van der Waals surface area contributed by atoms with Crippen LogP contribution in [-0.4, -0.2) is 65.1 Å². The van der Waals surface area contributed by atoms with Crippen molar-refractivity contribution in [3.63, 3.8) is 0 Å². The number of halogens is 2. The Labute approximate surface area is 169 Å². The molecule has 2 rings (SSSR count). The number of hydrogen-bond acceptors (Lipinski definition) is 5. The average molecular weight is 409 g/mol. The lowest BCUT2D eigenvalue weighted by molar-refractivity contribution is 0.0946. The average Bonchev–Trinajstić information content (AvgIpc) is 3.10. The molecule has 26 heavy (non-hydrogen) atoms. The molecule has 0 unspecified atom stereocenters. The predicted molar refractivity (Wildman–Crippen MR) is 110 cm³/mol. The molecule has 2 heterocycles. The molecule has 1 aromatic heterocycles. The summed E-state index contributed by atoms with van der Waals surface area (Å²) in [5, 5.41) is 14.5. The maximum atomic E-state index is 12.2. The number of carbonyl (C=O) groups excluding carboxylic acids is 1. The van der Waals surface area contributed by atoms with Gasteiger partial charge < -0.3 is 15.5 Å². The van der Waals surface area contributed by atoms with Crippen molar-refractivity contribution in [2.75, 3.05) is 39.3 Å². The summed E-state index contributed by atoms with van der Waals surface area (Å²) in [4.78, 5) is 14.6. The predicted octanol–water partition coefficient (Wildman–Crippen LogP) is 2.29. The quantitative estimate of drug-likeness (QED) is 0.580. The Kier molecular flexibility index (Phi) is 13.7. The van der Waals surface area contributed by atoms with Gasteiger partial charge in [0.1, 0.15) is 0 Å². The van der Waals surface area contributed by atoms with E-state index in [1.54, 1.807) is 6.20 Å². The van der Waals surface area contributed by atoms with E-state index in [2.05, 4.69) is 39.7 Å². The van der Waals surface area contributed by atoms with Crippen molar-refractivity contribution in [1.82, 2.24) is 30.5 Å². The fourth-order valence-corrected chi connectivity index (χ4v) is 3.19. The van der Waals surface area contributed by atoms with Crippen LogP contribution in [0.3, 0.4) is 0 Å². The second kappa shape index (κ2) is 14.2. The molecule has 0 spiro atoms. The number of rotatable bonds is 10. The standard InChI is InChI=1S/C17H32N6O.2ClH/c1-3-11-22(12-4-2)13-5-8-19-17(24)16-14-23(21-20-16)15-6-9-18-10-7-15;;/h14-15,18H,3-13H2,1-2H3,(H,19,24);2*1H. The number of amides is 1. The number of nitrogens with one attached hydrogen (secondary N) is 2. The summed E-state index contributed by atoms with van der Waals surface area (Å²) in [6.07, 6.45) is 7.17. The van der Waals surface area contributed by atoms with Crippen LogP contribution >= 0.6 is 24.8 Å². The Hall–Kier alpha value is -0.890. The molecular formula is C17H34Cl2N6O. The van der Waals surface area contributed by atoms with E-state index < -0.39 is 0 Å². The van der Waals surface area contributed by atoms with Gasteiger partial charge in [-0.15, -0.1) is 29.9 Å². The minimum atomic E-state index is -0.118.